The van der Waals surface area contributed by atoms with Gasteiger partial charge in [-0.15, -0.1) is 11.8 Å². The summed E-state index contributed by atoms with van der Waals surface area (Å²) in [4.78, 5) is 7.86. The summed E-state index contributed by atoms with van der Waals surface area (Å²) < 4.78 is 36.4. The number of nitrogens with zero attached hydrogens (tertiary/aromatic N) is 2. The molecule has 0 unspecified atom stereocenters. The Balaban J connectivity index is 2.30. The van der Waals surface area contributed by atoms with E-state index in [0.29, 0.717) is 27.7 Å². The van der Waals surface area contributed by atoms with Gasteiger partial charge in [0.1, 0.15) is 11.4 Å². The molecular formula is C9H7BF3N2S-. The second kappa shape index (κ2) is 4.33. The molecule has 0 aliphatic rings. The number of aromatic nitrogens is 2. The van der Waals surface area contributed by atoms with Crippen molar-refractivity contribution in [2.75, 3.05) is 5.65 Å². The van der Waals surface area contributed by atoms with Crippen LogP contribution in [0.4, 0.5) is 12.9 Å². The highest BCUT2D eigenvalue weighted by atomic mass is 32.2. The lowest BCUT2D eigenvalue weighted by atomic mass is 9.98. The van der Waals surface area contributed by atoms with Crippen LogP contribution < -0.4 is 0 Å². The van der Waals surface area contributed by atoms with Crippen LogP contribution in [0.25, 0.3) is 10.9 Å². The standard InChI is InChI=1S/C9H7BF3N2S/c11-10(12,13)5-16-9-7-3-1-2-4-8(7)14-6-15-9/h1-4,6H,5H2/q-1. The summed E-state index contributed by atoms with van der Waals surface area (Å²) >= 11 is 0.709. The Kier molecular flexibility index (Phi) is 3.04. The molecule has 0 amide bonds. The largest absolute Gasteiger partial charge is 0.488 e. The van der Waals surface area contributed by atoms with Crippen molar-refractivity contribution in [2.45, 2.75) is 5.03 Å². The van der Waals surface area contributed by atoms with Crippen molar-refractivity contribution in [1.82, 2.24) is 9.97 Å². The Morgan fingerprint density at radius 2 is 1.88 bits per heavy atom. The van der Waals surface area contributed by atoms with E-state index in [9.17, 15) is 12.9 Å². The Labute approximate surface area is 94.3 Å². The van der Waals surface area contributed by atoms with E-state index < -0.39 is 12.6 Å². The molecule has 16 heavy (non-hydrogen) atoms. The average molecular weight is 243 g/mol. The molecule has 7 heteroatoms. The number of rotatable bonds is 3. The summed E-state index contributed by atoms with van der Waals surface area (Å²) in [6, 6.07) is 7.02. The van der Waals surface area contributed by atoms with E-state index in [2.05, 4.69) is 9.97 Å². The minimum Gasteiger partial charge on any atom is -0.448 e. The highest BCUT2D eigenvalue weighted by Crippen LogP contribution is 2.27. The van der Waals surface area contributed by atoms with Crippen molar-refractivity contribution in [3.05, 3.63) is 30.6 Å². The lowest BCUT2D eigenvalue weighted by Crippen LogP contribution is -2.19. The fourth-order valence-electron chi connectivity index (χ4n) is 1.27. The number of halogens is 3. The summed E-state index contributed by atoms with van der Waals surface area (Å²) in [5, 5.41) is 1.04. The van der Waals surface area contributed by atoms with Crippen molar-refractivity contribution in [3.63, 3.8) is 0 Å². The fourth-order valence-corrected chi connectivity index (χ4v) is 2.07. The van der Waals surface area contributed by atoms with Crippen LogP contribution in [0.3, 0.4) is 0 Å². The highest BCUT2D eigenvalue weighted by Gasteiger charge is 2.23. The van der Waals surface area contributed by atoms with Gasteiger partial charge in [-0.05, 0) is 11.7 Å². The number of thioether (sulfide) groups is 1. The maximum atomic E-state index is 12.1. The Morgan fingerprint density at radius 1 is 1.12 bits per heavy atom. The first-order valence-electron chi connectivity index (χ1n) is 4.60. The summed E-state index contributed by atoms with van der Waals surface area (Å²) in [6.45, 7) is -4.79. The van der Waals surface area contributed by atoms with Crippen molar-refractivity contribution in [2.24, 2.45) is 0 Å². The molecule has 0 saturated heterocycles. The predicted molar refractivity (Wildman–Crippen MR) is 59.3 cm³/mol. The van der Waals surface area contributed by atoms with Crippen LogP contribution in [0, 0.1) is 0 Å². The molecule has 0 aliphatic heterocycles. The molecule has 0 N–H and O–H groups in total. The van der Waals surface area contributed by atoms with E-state index in [0.717, 1.165) is 0 Å². The van der Waals surface area contributed by atoms with Crippen molar-refractivity contribution < 1.29 is 12.9 Å². The van der Waals surface area contributed by atoms with Gasteiger partial charge < -0.3 is 12.9 Å². The first-order valence-corrected chi connectivity index (χ1v) is 5.58. The zero-order valence-electron chi connectivity index (χ0n) is 8.11. The number of para-hydroxylation sites is 1. The van der Waals surface area contributed by atoms with Crippen LogP contribution in [0.15, 0.2) is 35.6 Å². The molecule has 2 rings (SSSR count). The monoisotopic (exact) mass is 243 g/mol. The number of benzene rings is 1. The van der Waals surface area contributed by atoms with Crippen LogP contribution in [0.2, 0.25) is 0 Å². The van der Waals surface area contributed by atoms with Crippen LogP contribution >= 0.6 is 11.8 Å². The topological polar surface area (TPSA) is 25.8 Å². The van der Waals surface area contributed by atoms with Gasteiger partial charge in [0.25, 0.3) is 0 Å². The van der Waals surface area contributed by atoms with Gasteiger partial charge in [-0.1, -0.05) is 18.2 Å². The van der Waals surface area contributed by atoms with E-state index in [1.807, 2.05) is 0 Å². The van der Waals surface area contributed by atoms with E-state index in [4.69, 9.17) is 0 Å². The van der Waals surface area contributed by atoms with Crippen LogP contribution in [-0.4, -0.2) is 22.6 Å². The second-order valence-corrected chi connectivity index (χ2v) is 4.23. The third-order valence-electron chi connectivity index (χ3n) is 1.92. The Bertz CT molecular complexity index is 498. The van der Waals surface area contributed by atoms with Gasteiger partial charge in [0, 0.05) is 5.39 Å². The summed E-state index contributed by atoms with van der Waals surface area (Å²) in [5.41, 5.74) is -0.212. The van der Waals surface area contributed by atoms with Gasteiger partial charge in [-0.3, -0.25) is 0 Å². The summed E-state index contributed by atoms with van der Waals surface area (Å²) in [6.07, 6.45) is 1.29. The van der Waals surface area contributed by atoms with Crippen LogP contribution in [-0.2, 0) is 0 Å². The first-order chi connectivity index (χ1) is 7.56. The fraction of sp³-hybridized carbons (Fsp3) is 0.111. The van der Waals surface area contributed by atoms with Gasteiger partial charge in [0.2, 0.25) is 0 Å². The second-order valence-electron chi connectivity index (χ2n) is 3.22. The quantitative estimate of drug-likeness (QED) is 0.470. The van der Waals surface area contributed by atoms with E-state index >= 15 is 0 Å². The zero-order chi connectivity index (χ0) is 11.6. The Morgan fingerprint density at radius 3 is 2.62 bits per heavy atom. The van der Waals surface area contributed by atoms with Gasteiger partial charge in [0.05, 0.1) is 5.52 Å². The molecular weight excluding hydrogens is 236 g/mol. The Hall–Kier alpha value is -1.24. The van der Waals surface area contributed by atoms with Gasteiger partial charge in [-0.25, -0.2) is 9.97 Å². The highest BCUT2D eigenvalue weighted by molar-refractivity contribution is 8.00. The molecule has 1 heterocycles. The minimum atomic E-state index is -4.79. The minimum absolute atomic E-state index is 0.379. The molecule has 0 saturated carbocycles. The van der Waals surface area contributed by atoms with Crippen molar-refractivity contribution >= 4 is 29.6 Å². The maximum Gasteiger partial charge on any atom is 0.488 e. The molecule has 1 aromatic carbocycles. The molecule has 0 atom stereocenters. The normalized spacial score (nSPS) is 11.9. The lowest BCUT2D eigenvalue weighted by Gasteiger charge is -2.12. The molecule has 1 aromatic heterocycles. The SMILES string of the molecule is F[B-](F)(F)CSc1ncnc2ccccc12. The van der Waals surface area contributed by atoms with E-state index in [-0.39, 0.29) is 0 Å². The molecule has 2 aromatic rings. The number of hydrogen-bond acceptors (Lipinski definition) is 3. The van der Waals surface area contributed by atoms with E-state index in [1.165, 1.54) is 6.33 Å². The van der Waals surface area contributed by atoms with Gasteiger partial charge >= 0.3 is 6.98 Å². The zero-order valence-corrected chi connectivity index (χ0v) is 8.92. The summed E-state index contributed by atoms with van der Waals surface area (Å²) in [5.74, 6) is 0. The number of fused-ring (bicyclic) bond motifs is 1. The molecule has 0 bridgehead atoms. The van der Waals surface area contributed by atoms with Crippen LogP contribution in [0.5, 0.6) is 0 Å². The maximum absolute atomic E-state index is 12.1. The molecule has 0 radical (unpaired) electrons. The van der Waals surface area contributed by atoms with Gasteiger partial charge in [-0.2, -0.15) is 0 Å². The smallest absolute Gasteiger partial charge is 0.448 e. The summed E-state index contributed by atoms with van der Waals surface area (Å²) in [7, 11) is 0. The number of hydrogen-bond donors (Lipinski definition) is 0. The predicted octanol–water partition coefficient (Wildman–Crippen LogP) is 3.11. The van der Waals surface area contributed by atoms with E-state index in [1.54, 1.807) is 24.3 Å². The molecule has 84 valence electrons. The van der Waals surface area contributed by atoms with Crippen molar-refractivity contribution in [3.8, 4) is 0 Å². The third-order valence-corrected chi connectivity index (χ3v) is 3.06. The molecule has 2 nitrogen and oxygen atoms in total. The van der Waals surface area contributed by atoms with Gasteiger partial charge in [0.15, 0.2) is 0 Å². The lowest BCUT2D eigenvalue weighted by molar-refractivity contribution is 0.485. The van der Waals surface area contributed by atoms with Crippen LogP contribution in [0.1, 0.15) is 0 Å². The third kappa shape index (κ3) is 2.66. The first kappa shape index (κ1) is 11.3. The molecule has 0 spiro atoms. The van der Waals surface area contributed by atoms with Crippen molar-refractivity contribution in [1.29, 1.82) is 0 Å². The average Bonchev–Trinajstić information content (AvgIpc) is 2.25. The molecule has 0 aliphatic carbocycles. The molecule has 0 fully saturated rings.